The van der Waals surface area contributed by atoms with E-state index in [4.69, 9.17) is 35.5 Å². The summed E-state index contributed by atoms with van der Waals surface area (Å²) in [6, 6.07) is 19.5. The zero-order chi connectivity index (χ0) is 31.7. The number of fused-ring (bicyclic) bond motifs is 1. The van der Waals surface area contributed by atoms with E-state index >= 15 is 0 Å². The molecular weight excluding hydrogens is 604 g/mol. The number of esters is 3. The molecule has 1 N–H and O–H groups in total. The van der Waals surface area contributed by atoms with Gasteiger partial charge in [-0.3, -0.25) is 19.0 Å². The summed E-state index contributed by atoms with van der Waals surface area (Å²) in [5, 5.41) is -0.104. The Morgan fingerprint density at radius 1 is 0.844 bits per heavy atom. The van der Waals surface area contributed by atoms with E-state index in [1.807, 2.05) is 60.7 Å². The average Bonchev–Trinajstić information content (AvgIpc) is 3.72. The normalized spacial score (nSPS) is 19.4. The predicted octanol–water partition coefficient (Wildman–Crippen LogP) is 4.53. The van der Waals surface area contributed by atoms with Gasteiger partial charge >= 0.3 is 17.9 Å². The van der Waals surface area contributed by atoms with E-state index in [2.05, 4.69) is 19.9 Å². The Labute approximate surface area is 261 Å². The van der Waals surface area contributed by atoms with Crippen LogP contribution in [0.25, 0.3) is 45.2 Å². The first kappa shape index (κ1) is 29.9. The van der Waals surface area contributed by atoms with E-state index in [0.29, 0.717) is 22.7 Å². The highest BCUT2D eigenvalue weighted by molar-refractivity contribution is 6.28. The standard InChI is InChI=1S/C31H27ClN6O7/c1-16(39)42-14-21-26(43-17(2)40)27(44-18(3)41)30(45-21)38-15-33-25-24(36-31(32)37-29(25)38)28-34-22(19-10-6-4-7-11-19)23(35-28)20-12-8-5-9-13-20/h4-13,15,21,26-27,30H,14H2,1-3H3,(H,34,35)/t21-,26-,27-,30-/m1/s1. The van der Waals surface area contributed by atoms with Gasteiger partial charge in [0.1, 0.15) is 23.9 Å². The number of halogens is 1. The third kappa shape index (κ3) is 6.12. The summed E-state index contributed by atoms with van der Waals surface area (Å²) in [6.07, 6.45) is -2.86. The SMILES string of the molecule is CC(=O)OC[C@H]1O[C@@H](n2cnc3c(-c4nc(-c5ccccc5)c(-c5ccccc5)[nH]4)nc(Cl)nc32)[C@H](OC(C)=O)[C@@H]1OC(C)=O. The summed E-state index contributed by atoms with van der Waals surface area (Å²) in [4.78, 5) is 57.5. The van der Waals surface area contributed by atoms with E-state index < -0.39 is 42.4 Å². The molecule has 5 aromatic rings. The lowest BCUT2D eigenvalue weighted by Crippen LogP contribution is -2.40. The molecule has 13 nitrogen and oxygen atoms in total. The second-order valence-electron chi connectivity index (χ2n) is 10.2. The summed E-state index contributed by atoms with van der Waals surface area (Å²) >= 11 is 6.46. The van der Waals surface area contributed by atoms with Gasteiger partial charge < -0.3 is 23.9 Å². The van der Waals surface area contributed by atoms with Gasteiger partial charge in [0.2, 0.25) is 5.28 Å². The van der Waals surface area contributed by atoms with Crippen molar-refractivity contribution in [1.29, 1.82) is 0 Å². The van der Waals surface area contributed by atoms with Gasteiger partial charge in [-0.05, 0) is 11.6 Å². The van der Waals surface area contributed by atoms with Crippen LogP contribution in [0.1, 0.15) is 27.0 Å². The number of carbonyl (C=O) groups is 3. The molecule has 1 fully saturated rings. The molecular formula is C31H27ClN6O7. The molecule has 14 heteroatoms. The predicted molar refractivity (Wildman–Crippen MR) is 160 cm³/mol. The Balaban J connectivity index is 1.46. The van der Waals surface area contributed by atoms with Crippen molar-refractivity contribution in [3.05, 3.63) is 72.3 Å². The molecule has 230 valence electrons. The number of ether oxygens (including phenoxy) is 4. The summed E-state index contributed by atoms with van der Waals surface area (Å²) in [7, 11) is 0. The fourth-order valence-electron chi connectivity index (χ4n) is 5.26. The fraction of sp³-hybridized carbons (Fsp3) is 0.258. The van der Waals surface area contributed by atoms with Gasteiger partial charge in [0, 0.05) is 31.9 Å². The van der Waals surface area contributed by atoms with Crippen LogP contribution in [0, 0.1) is 0 Å². The van der Waals surface area contributed by atoms with Crippen LogP contribution in [0.3, 0.4) is 0 Å². The zero-order valence-electron chi connectivity index (χ0n) is 24.3. The van der Waals surface area contributed by atoms with Crippen LogP contribution in [0.5, 0.6) is 0 Å². The minimum absolute atomic E-state index is 0.104. The van der Waals surface area contributed by atoms with Gasteiger partial charge in [0.15, 0.2) is 29.9 Å². The first-order valence-electron chi connectivity index (χ1n) is 13.9. The number of aromatic nitrogens is 6. The van der Waals surface area contributed by atoms with Crippen molar-refractivity contribution in [1.82, 2.24) is 29.5 Å². The molecule has 0 saturated carbocycles. The van der Waals surface area contributed by atoms with Crippen LogP contribution in [0.2, 0.25) is 5.28 Å². The van der Waals surface area contributed by atoms with Crippen molar-refractivity contribution in [3.63, 3.8) is 0 Å². The smallest absolute Gasteiger partial charge is 0.303 e. The lowest BCUT2D eigenvalue weighted by Gasteiger charge is -2.23. The van der Waals surface area contributed by atoms with Gasteiger partial charge in [0.25, 0.3) is 0 Å². The number of benzene rings is 2. The Hall–Kier alpha value is -5.14. The molecule has 4 atom stereocenters. The maximum absolute atomic E-state index is 12.2. The maximum Gasteiger partial charge on any atom is 0.303 e. The second kappa shape index (κ2) is 12.5. The van der Waals surface area contributed by atoms with Crippen LogP contribution < -0.4 is 0 Å². The van der Waals surface area contributed by atoms with E-state index in [1.54, 1.807) is 0 Å². The molecule has 3 aromatic heterocycles. The van der Waals surface area contributed by atoms with Gasteiger partial charge in [0.05, 0.1) is 17.7 Å². The van der Waals surface area contributed by atoms with E-state index in [1.165, 1.54) is 31.7 Å². The number of hydrogen-bond donors (Lipinski definition) is 1. The summed E-state index contributed by atoms with van der Waals surface area (Å²) in [6.45, 7) is 3.41. The van der Waals surface area contributed by atoms with Gasteiger partial charge in [-0.2, -0.15) is 4.98 Å². The second-order valence-corrected chi connectivity index (χ2v) is 10.6. The topological polar surface area (TPSA) is 160 Å². The Morgan fingerprint density at radius 2 is 1.49 bits per heavy atom. The van der Waals surface area contributed by atoms with Crippen molar-refractivity contribution >= 4 is 40.7 Å². The molecule has 0 unspecified atom stereocenters. The Bertz CT molecular complexity index is 1820. The molecule has 0 bridgehead atoms. The highest BCUT2D eigenvalue weighted by atomic mass is 35.5. The van der Waals surface area contributed by atoms with Crippen molar-refractivity contribution < 1.29 is 33.3 Å². The number of carbonyl (C=O) groups excluding carboxylic acids is 3. The van der Waals surface area contributed by atoms with Crippen LogP contribution in [-0.4, -0.2) is 72.3 Å². The summed E-state index contributed by atoms with van der Waals surface area (Å²) in [5.74, 6) is -1.46. The number of rotatable bonds is 8. The lowest BCUT2D eigenvalue weighted by atomic mass is 10.1. The third-order valence-corrected chi connectivity index (χ3v) is 7.22. The van der Waals surface area contributed by atoms with Gasteiger partial charge in [-0.1, -0.05) is 60.7 Å². The molecule has 6 rings (SSSR count). The summed E-state index contributed by atoms with van der Waals surface area (Å²) < 4.78 is 23.9. The van der Waals surface area contributed by atoms with E-state index in [-0.39, 0.29) is 17.5 Å². The minimum Gasteiger partial charge on any atom is -0.463 e. The minimum atomic E-state index is -1.14. The number of H-pyrrole nitrogens is 1. The van der Waals surface area contributed by atoms with Crippen LogP contribution >= 0.6 is 11.6 Å². The number of imidazole rings is 2. The highest BCUT2D eigenvalue weighted by Crippen LogP contribution is 2.38. The van der Waals surface area contributed by atoms with Gasteiger partial charge in [-0.15, -0.1) is 0 Å². The number of nitrogens with zero attached hydrogens (tertiary/aromatic N) is 5. The van der Waals surface area contributed by atoms with Crippen molar-refractivity contribution in [2.45, 2.75) is 45.3 Å². The molecule has 0 amide bonds. The monoisotopic (exact) mass is 630 g/mol. The lowest BCUT2D eigenvalue weighted by molar-refractivity contribution is -0.166. The largest absolute Gasteiger partial charge is 0.463 e. The van der Waals surface area contributed by atoms with Crippen LogP contribution in [0.15, 0.2) is 67.0 Å². The highest BCUT2D eigenvalue weighted by Gasteiger charge is 2.51. The molecule has 1 aliphatic heterocycles. The van der Waals surface area contributed by atoms with Crippen molar-refractivity contribution in [2.24, 2.45) is 0 Å². The molecule has 0 aliphatic carbocycles. The number of aromatic amines is 1. The molecule has 0 spiro atoms. The molecule has 0 radical (unpaired) electrons. The number of hydrogen-bond acceptors (Lipinski definition) is 11. The first-order valence-corrected chi connectivity index (χ1v) is 14.3. The Kier molecular flexibility index (Phi) is 8.28. The maximum atomic E-state index is 12.2. The first-order chi connectivity index (χ1) is 21.7. The molecule has 4 heterocycles. The summed E-state index contributed by atoms with van der Waals surface area (Å²) in [5.41, 5.74) is 4.15. The van der Waals surface area contributed by atoms with Gasteiger partial charge in [-0.25, -0.2) is 15.0 Å². The van der Waals surface area contributed by atoms with E-state index in [0.717, 1.165) is 16.8 Å². The van der Waals surface area contributed by atoms with Crippen molar-refractivity contribution in [3.8, 4) is 34.0 Å². The molecule has 1 saturated heterocycles. The van der Waals surface area contributed by atoms with E-state index in [9.17, 15) is 14.4 Å². The van der Waals surface area contributed by atoms with Crippen LogP contribution in [0.4, 0.5) is 0 Å². The molecule has 1 aliphatic rings. The third-order valence-electron chi connectivity index (χ3n) is 7.05. The number of nitrogens with one attached hydrogen (secondary N) is 1. The van der Waals surface area contributed by atoms with Crippen molar-refractivity contribution in [2.75, 3.05) is 6.61 Å². The Morgan fingerprint density at radius 3 is 2.13 bits per heavy atom. The average molecular weight is 631 g/mol. The van der Waals surface area contributed by atoms with Crippen LogP contribution in [-0.2, 0) is 33.3 Å². The molecule has 2 aromatic carbocycles. The zero-order valence-corrected chi connectivity index (χ0v) is 25.1. The quantitative estimate of drug-likeness (QED) is 0.146. The fourth-order valence-corrected chi connectivity index (χ4v) is 5.43. The molecule has 45 heavy (non-hydrogen) atoms.